The van der Waals surface area contributed by atoms with Gasteiger partial charge in [-0.05, 0) is 12.1 Å². The number of aromatic nitrogens is 1. The summed E-state index contributed by atoms with van der Waals surface area (Å²) in [6, 6.07) is 1.57. The first-order chi connectivity index (χ1) is 9.59. The number of nitrogen functional groups attached to an aromatic ring is 1. The van der Waals surface area contributed by atoms with Gasteiger partial charge in [0.05, 0.1) is 5.56 Å². The summed E-state index contributed by atoms with van der Waals surface area (Å²) in [7, 11) is -3.44. The maximum absolute atomic E-state index is 12.8. The Morgan fingerprint density at radius 3 is 2.67 bits per heavy atom. The van der Waals surface area contributed by atoms with Gasteiger partial charge >= 0.3 is 6.18 Å². The molecular weight excluding hydrogens is 327 g/mol. The molecule has 118 valence electrons. The molecule has 2 heterocycles. The number of nitrogens with two attached hydrogens (primary N) is 1. The Bertz CT molecular complexity index is 634. The van der Waals surface area contributed by atoms with Crippen LogP contribution in [0.5, 0.6) is 0 Å². The highest BCUT2D eigenvalue weighted by atomic mass is 32.2. The SMILES string of the molecule is CS(=O)(=O)C1CSCCN1c1cc(C(F)(F)F)cc(N)n1. The van der Waals surface area contributed by atoms with E-state index in [9.17, 15) is 21.6 Å². The van der Waals surface area contributed by atoms with Gasteiger partial charge in [-0.3, -0.25) is 0 Å². The first-order valence-electron chi connectivity index (χ1n) is 5.97. The van der Waals surface area contributed by atoms with E-state index in [0.29, 0.717) is 12.3 Å². The zero-order chi connectivity index (χ0) is 15.8. The summed E-state index contributed by atoms with van der Waals surface area (Å²) in [5.41, 5.74) is 4.49. The van der Waals surface area contributed by atoms with Gasteiger partial charge in [0.1, 0.15) is 17.0 Å². The molecule has 1 aliphatic heterocycles. The van der Waals surface area contributed by atoms with Crippen LogP contribution < -0.4 is 10.6 Å². The van der Waals surface area contributed by atoms with E-state index in [2.05, 4.69) is 4.98 Å². The number of halogens is 3. The van der Waals surface area contributed by atoms with Gasteiger partial charge in [-0.15, -0.1) is 0 Å². The fourth-order valence-electron chi connectivity index (χ4n) is 2.05. The zero-order valence-corrected chi connectivity index (χ0v) is 12.7. The van der Waals surface area contributed by atoms with Crippen LogP contribution in [0.3, 0.4) is 0 Å². The summed E-state index contributed by atoms with van der Waals surface area (Å²) < 4.78 is 62.1. The Hall–Kier alpha value is -1.16. The van der Waals surface area contributed by atoms with Crippen LogP contribution in [0.4, 0.5) is 24.8 Å². The first kappa shape index (κ1) is 16.2. The molecule has 1 atom stereocenters. The van der Waals surface area contributed by atoms with Gasteiger partial charge in [-0.2, -0.15) is 24.9 Å². The second kappa shape index (κ2) is 5.56. The zero-order valence-electron chi connectivity index (χ0n) is 11.1. The largest absolute Gasteiger partial charge is 0.416 e. The van der Waals surface area contributed by atoms with Gasteiger partial charge in [0, 0.05) is 24.3 Å². The van der Waals surface area contributed by atoms with E-state index in [1.165, 1.54) is 16.7 Å². The minimum atomic E-state index is -4.56. The van der Waals surface area contributed by atoms with Crippen molar-refractivity contribution < 1.29 is 21.6 Å². The number of thioether (sulfide) groups is 1. The van der Waals surface area contributed by atoms with E-state index in [0.717, 1.165) is 18.4 Å². The number of nitrogens with zero attached hydrogens (tertiary/aromatic N) is 2. The molecular formula is C11H14F3N3O2S2. The van der Waals surface area contributed by atoms with E-state index in [4.69, 9.17) is 5.73 Å². The van der Waals surface area contributed by atoms with Gasteiger partial charge in [-0.1, -0.05) is 0 Å². The lowest BCUT2D eigenvalue weighted by Crippen LogP contribution is -2.47. The van der Waals surface area contributed by atoms with Crippen LogP contribution in [0.2, 0.25) is 0 Å². The number of hydrogen-bond acceptors (Lipinski definition) is 6. The van der Waals surface area contributed by atoms with Gasteiger partial charge < -0.3 is 10.6 Å². The number of alkyl halides is 3. The molecule has 0 amide bonds. The Balaban J connectivity index is 2.46. The van der Waals surface area contributed by atoms with Crippen LogP contribution in [-0.4, -0.2) is 43.1 Å². The first-order valence-corrected chi connectivity index (χ1v) is 9.08. The Kier molecular flexibility index (Phi) is 4.29. The molecule has 21 heavy (non-hydrogen) atoms. The van der Waals surface area contributed by atoms with Gasteiger partial charge in [0.25, 0.3) is 0 Å². The van der Waals surface area contributed by atoms with Gasteiger partial charge in [0.2, 0.25) is 0 Å². The summed E-state index contributed by atoms with van der Waals surface area (Å²) in [4.78, 5) is 5.24. The molecule has 0 saturated carbocycles. The van der Waals surface area contributed by atoms with Crippen LogP contribution >= 0.6 is 11.8 Å². The summed E-state index contributed by atoms with van der Waals surface area (Å²) >= 11 is 1.44. The molecule has 0 radical (unpaired) electrons. The Morgan fingerprint density at radius 2 is 2.10 bits per heavy atom. The summed E-state index contributed by atoms with van der Waals surface area (Å²) in [6.07, 6.45) is -3.50. The van der Waals surface area contributed by atoms with Crippen LogP contribution in [0, 0.1) is 0 Å². The summed E-state index contributed by atoms with van der Waals surface area (Å²) in [5.74, 6) is 0.559. The number of pyridine rings is 1. The maximum atomic E-state index is 12.8. The van der Waals surface area contributed by atoms with Crippen LogP contribution in [-0.2, 0) is 16.0 Å². The highest BCUT2D eigenvalue weighted by Gasteiger charge is 2.35. The molecule has 0 spiro atoms. The second-order valence-electron chi connectivity index (χ2n) is 4.69. The molecule has 1 aromatic rings. The number of anilines is 2. The van der Waals surface area contributed by atoms with Crippen LogP contribution in [0.25, 0.3) is 0 Å². The van der Waals surface area contributed by atoms with Crippen molar-refractivity contribution in [3.63, 3.8) is 0 Å². The van der Waals surface area contributed by atoms with E-state index in [-0.39, 0.29) is 17.4 Å². The summed E-state index contributed by atoms with van der Waals surface area (Å²) in [5, 5.41) is -0.897. The molecule has 2 rings (SSSR count). The van der Waals surface area contributed by atoms with Crippen molar-refractivity contribution in [2.24, 2.45) is 0 Å². The van der Waals surface area contributed by atoms with Crippen molar-refractivity contribution >= 4 is 33.2 Å². The Morgan fingerprint density at radius 1 is 1.43 bits per heavy atom. The van der Waals surface area contributed by atoms with Crippen LogP contribution in [0.15, 0.2) is 12.1 Å². The second-order valence-corrected chi connectivity index (χ2v) is 8.04. The summed E-state index contributed by atoms with van der Waals surface area (Å²) in [6.45, 7) is 0.302. The van der Waals surface area contributed by atoms with Crippen molar-refractivity contribution in [1.29, 1.82) is 0 Å². The van der Waals surface area contributed by atoms with E-state index >= 15 is 0 Å². The molecule has 1 unspecified atom stereocenters. The molecule has 1 aliphatic rings. The van der Waals surface area contributed by atoms with Crippen molar-refractivity contribution in [3.05, 3.63) is 17.7 Å². The molecule has 1 aromatic heterocycles. The normalized spacial score (nSPS) is 20.6. The molecule has 1 fully saturated rings. The lowest BCUT2D eigenvalue weighted by atomic mass is 10.2. The molecule has 10 heteroatoms. The minimum absolute atomic E-state index is 0.0574. The number of rotatable bonds is 2. The van der Waals surface area contributed by atoms with Crippen molar-refractivity contribution in [2.75, 3.05) is 34.9 Å². The smallest absolute Gasteiger partial charge is 0.384 e. The fourth-order valence-corrected chi connectivity index (χ4v) is 4.87. The van der Waals surface area contributed by atoms with E-state index < -0.39 is 27.0 Å². The molecule has 2 N–H and O–H groups in total. The third kappa shape index (κ3) is 3.73. The average molecular weight is 341 g/mol. The quantitative estimate of drug-likeness (QED) is 0.881. The molecule has 1 saturated heterocycles. The standard InChI is InChI=1S/C11H14F3N3O2S2/c1-21(18,19)10-6-20-3-2-17(10)9-5-7(11(12,13)14)4-8(15)16-9/h4-5,10H,2-3,6H2,1H3,(H2,15,16). The van der Waals surface area contributed by atoms with Crippen LogP contribution in [0.1, 0.15) is 5.56 Å². The van der Waals surface area contributed by atoms with Crippen molar-refractivity contribution in [1.82, 2.24) is 4.98 Å². The fraction of sp³-hybridized carbons (Fsp3) is 0.545. The molecule has 5 nitrogen and oxygen atoms in total. The van der Waals surface area contributed by atoms with Crippen molar-refractivity contribution in [3.8, 4) is 0 Å². The monoisotopic (exact) mass is 341 g/mol. The third-order valence-electron chi connectivity index (χ3n) is 3.03. The topological polar surface area (TPSA) is 76.3 Å². The van der Waals surface area contributed by atoms with E-state index in [1.807, 2.05) is 0 Å². The molecule has 0 aromatic carbocycles. The highest BCUT2D eigenvalue weighted by molar-refractivity contribution is 8.01. The number of hydrogen-bond donors (Lipinski definition) is 1. The predicted molar refractivity (Wildman–Crippen MR) is 77.0 cm³/mol. The third-order valence-corrected chi connectivity index (χ3v) is 5.68. The lowest BCUT2D eigenvalue weighted by Gasteiger charge is -2.35. The highest BCUT2D eigenvalue weighted by Crippen LogP contribution is 2.34. The van der Waals surface area contributed by atoms with E-state index in [1.54, 1.807) is 0 Å². The number of sulfone groups is 1. The van der Waals surface area contributed by atoms with Crippen molar-refractivity contribution in [2.45, 2.75) is 11.6 Å². The average Bonchev–Trinajstić information content (AvgIpc) is 2.36. The predicted octanol–water partition coefficient (Wildman–Crippen LogP) is 1.61. The van der Waals surface area contributed by atoms with Gasteiger partial charge in [0.15, 0.2) is 9.84 Å². The lowest BCUT2D eigenvalue weighted by molar-refractivity contribution is -0.137. The minimum Gasteiger partial charge on any atom is -0.384 e. The molecule has 0 bridgehead atoms. The Labute approximate surface area is 124 Å². The van der Waals surface area contributed by atoms with Gasteiger partial charge in [-0.25, -0.2) is 13.4 Å². The molecule has 0 aliphatic carbocycles. The maximum Gasteiger partial charge on any atom is 0.416 e.